The fourth-order valence-electron chi connectivity index (χ4n) is 2.87. The van der Waals surface area contributed by atoms with Gasteiger partial charge < -0.3 is 15.1 Å². The highest BCUT2D eigenvalue weighted by Gasteiger charge is 2.30. The van der Waals surface area contributed by atoms with Gasteiger partial charge in [-0.2, -0.15) is 0 Å². The molecule has 1 heterocycles. The van der Waals surface area contributed by atoms with Crippen molar-refractivity contribution in [2.75, 3.05) is 26.2 Å². The summed E-state index contributed by atoms with van der Waals surface area (Å²) >= 11 is 0. The van der Waals surface area contributed by atoms with Gasteiger partial charge in [0, 0.05) is 38.1 Å². The summed E-state index contributed by atoms with van der Waals surface area (Å²) in [5.41, 5.74) is 0. The topological polar surface area (TPSA) is 69.7 Å². The zero-order valence-corrected chi connectivity index (χ0v) is 13.4. The lowest BCUT2D eigenvalue weighted by atomic mass is 9.93. The summed E-state index contributed by atoms with van der Waals surface area (Å²) in [6, 6.07) is -0.0568. The third kappa shape index (κ3) is 4.08. The fraction of sp³-hybridized carbons (Fsp3) is 0.688. The largest absolute Gasteiger partial charge is 0.346 e. The second kappa shape index (κ2) is 7.42. The van der Waals surface area contributed by atoms with Crippen LogP contribution in [0, 0.1) is 5.92 Å². The van der Waals surface area contributed by atoms with Crippen LogP contribution < -0.4 is 5.32 Å². The first-order valence-corrected chi connectivity index (χ1v) is 8.02. The second-order valence-corrected chi connectivity index (χ2v) is 6.23. The number of allylic oxidation sites excluding steroid dienone is 2. The zero-order chi connectivity index (χ0) is 16.1. The number of amides is 3. The van der Waals surface area contributed by atoms with E-state index in [1.54, 1.807) is 0 Å². The highest BCUT2D eigenvalue weighted by Crippen LogP contribution is 2.21. The van der Waals surface area contributed by atoms with Gasteiger partial charge in [0.25, 0.3) is 0 Å². The molecule has 1 aliphatic carbocycles. The summed E-state index contributed by atoms with van der Waals surface area (Å²) in [7, 11) is 0. The van der Waals surface area contributed by atoms with E-state index in [0.717, 1.165) is 19.3 Å². The van der Waals surface area contributed by atoms with E-state index in [0.29, 0.717) is 26.2 Å². The van der Waals surface area contributed by atoms with E-state index >= 15 is 0 Å². The number of hydrogen-bond donors (Lipinski definition) is 1. The van der Waals surface area contributed by atoms with Gasteiger partial charge in [0.15, 0.2) is 0 Å². The van der Waals surface area contributed by atoms with Crippen LogP contribution >= 0.6 is 0 Å². The van der Waals surface area contributed by atoms with Gasteiger partial charge in [-0.1, -0.05) is 12.2 Å². The Kier molecular flexibility index (Phi) is 5.57. The molecule has 0 bridgehead atoms. The Labute approximate surface area is 131 Å². The van der Waals surface area contributed by atoms with Crippen molar-refractivity contribution in [3.8, 4) is 0 Å². The number of rotatable bonds is 2. The van der Waals surface area contributed by atoms with Gasteiger partial charge in [0.2, 0.25) is 5.91 Å². The normalized spacial score (nSPS) is 21.9. The predicted octanol–water partition coefficient (Wildman–Crippen LogP) is 0.538. The van der Waals surface area contributed by atoms with Crippen LogP contribution in [-0.4, -0.2) is 59.7 Å². The van der Waals surface area contributed by atoms with Crippen LogP contribution in [0.3, 0.4) is 0 Å². The average molecular weight is 307 g/mol. The molecule has 1 fully saturated rings. The molecular weight excluding hydrogens is 282 g/mol. The van der Waals surface area contributed by atoms with Crippen molar-refractivity contribution in [3.63, 3.8) is 0 Å². The van der Waals surface area contributed by atoms with Crippen LogP contribution in [0.15, 0.2) is 12.2 Å². The molecule has 2 rings (SSSR count). The lowest BCUT2D eigenvalue weighted by Gasteiger charge is -2.36. The van der Waals surface area contributed by atoms with Gasteiger partial charge in [0.05, 0.1) is 0 Å². The first-order chi connectivity index (χ1) is 10.5. The molecule has 0 spiro atoms. The van der Waals surface area contributed by atoms with Crippen molar-refractivity contribution >= 4 is 17.7 Å². The molecule has 6 nitrogen and oxygen atoms in total. The van der Waals surface area contributed by atoms with E-state index in [9.17, 15) is 14.4 Å². The molecule has 1 N–H and O–H groups in total. The standard InChI is InChI=1S/C16H25N3O3/c1-12(2)17-14(20)16(22)19-10-8-18(9-11-19)15(21)13-6-4-3-5-7-13/h3-4,12-13H,5-11H2,1-2H3,(H,17,20). The second-order valence-electron chi connectivity index (χ2n) is 6.23. The number of carbonyl (C=O) groups excluding carboxylic acids is 3. The number of carbonyl (C=O) groups is 3. The Hall–Kier alpha value is -1.85. The Morgan fingerprint density at radius 2 is 1.68 bits per heavy atom. The summed E-state index contributed by atoms with van der Waals surface area (Å²) in [6.45, 7) is 5.53. The van der Waals surface area contributed by atoms with Crippen LogP contribution in [0.2, 0.25) is 0 Å². The number of nitrogens with zero attached hydrogens (tertiary/aromatic N) is 2. The van der Waals surface area contributed by atoms with Gasteiger partial charge >= 0.3 is 11.8 Å². The van der Waals surface area contributed by atoms with Crippen molar-refractivity contribution in [2.45, 2.75) is 39.2 Å². The summed E-state index contributed by atoms with van der Waals surface area (Å²) in [6.07, 6.45) is 6.88. The van der Waals surface area contributed by atoms with Gasteiger partial charge in [-0.05, 0) is 33.1 Å². The van der Waals surface area contributed by atoms with E-state index < -0.39 is 11.8 Å². The maximum absolute atomic E-state index is 12.4. The monoisotopic (exact) mass is 307 g/mol. The van der Waals surface area contributed by atoms with E-state index in [4.69, 9.17) is 0 Å². The smallest absolute Gasteiger partial charge is 0.312 e. The van der Waals surface area contributed by atoms with Crippen molar-refractivity contribution < 1.29 is 14.4 Å². The first kappa shape index (κ1) is 16.5. The number of hydrogen-bond acceptors (Lipinski definition) is 3. The summed E-state index contributed by atoms with van der Waals surface area (Å²) < 4.78 is 0. The van der Waals surface area contributed by atoms with Crippen LogP contribution in [0.1, 0.15) is 33.1 Å². The molecule has 1 atom stereocenters. The zero-order valence-electron chi connectivity index (χ0n) is 13.4. The maximum atomic E-state index is 12.4. The first-order valence-electron chi connectivity index (χ1n) is 8.02. The van der Waals surface area contributed by atoms with E-state index in [-0.39, 0.29) is 17.9 Å². The van der Waals surface area contributed by atoms with Crippen molar-refractivity contribution in [3.05, 3.63) is 12.2 Å². The third-order valence-corrected chi connectivity index (χ3v) is 4.11. The maximum Gasteiger partial charge on any atom is 0.312 e. The number of piperazine rings is 1. The molecule has 6 heteroatoms. The molecule has 1 unspecified atom stereocenters. The molecule has 0 aromatic rings. The molecule has 2 aliphatic rings. The fourth-order valence-corrected chi connectivity index (χ4v) is 2.87. The molecule has 0 aromatic carbocycles. The molecule has 22 heavy (non-hydrogen) atoms. The highest BCUT2D eigenvalue weighted by molar-refractivity contribution is 6.35. The Morgan fingerprint density at radius 1 is 1.05 bits per heavy atom. The molecule has 0 aromatic heterocycles. The van der Waals surface area contributed by atoms with Crippen LogP contribution in [0.25, 0.3) is 0 Å². The molecule has 1 aliphatic heterocycles. The van der Waals surface area contributed by atoms with Crippen LogP contribution in [0.4, 0.5) is 0 Å². The van der Waals surface area contributed by atoms with E-state index in [2.05, 4.69) is 17.5 Å². The SMILES string of the molecule is CC(C)NC(=O)C(=O)N1CCN(C(=O)C2CC=CCC2)CC1. The highest BCUT2D eigenvalue weighted by atomic mass is 16.2. The van der Waals surface area contributed by atoms with E-state index in [1.165, 1.54) is 4.90 Å². The van der Waals surface area contributed by atoms with Crippen LogP contribution in [-0.2, 0) is 14.4 Å². The average Bonchev–Trinajstić information content (AvgIpc) is 2.54. The third-order valence-electron chi connectivity index (χ3n) is 4.11. The van der Waals surface area contributed by atoms with Crippen molar-refractivity contribution in [2.24, 2.45) is 5.92 Å². The quantitative estimate of drug-likeness (QED) is 0.598. The molecule has 0 radical (unpaired) electrons. The minimum absolute atomic E-state index is 0.0568. The van der Waals surface area contributed by atoms with Gasteiger partial charge in [0.1, 0.15) is 0 Å². The molecule has 122 valence electrons. The Bertz CT molecular complexity index is 465. The van der Waals surface area contributed by atoms with Gasteiger partial charge in [-0.3, -0.25) is 14.4 Å². The summed E-state index contributed by atoms with van der Waals surface area (Å²) in [4.78, 5) is 39.5. The Balaban J connectivity index is 1.82. The summed E-state index contributed by atoms with van der Waals surface area (Å²) in [5.74, 6) is -0.798. The van der Waals surface area contributed by atoms with Gasteiger partial charge in [-0.25, -0.2) is 0 Å². The Morgan fingerprint density at radius 3 is 2.23 bits per heavy atom. The summed E-state index contributed by atoms with van der Waals surface area (Å²) in [5, 5.41) is 2.61. The molecule has 1 saturated heterocycles. The van der Waals surface area contributed by atoms with Crippen molar-refractivity contribution in [1.29, 1.82) is 0 Å². The minimum atomic E-state index is -0.563. The molecule has 3 amide bonds. The number of nitrogens with one attached hydrogen (secondary N) is 1. The van der Waals surface area contributed by atoms with E-state index in [1.807, 2.05) is 18.7 Å². The van der Waals surface area contributed by atoms with Gasteiger partial charge in [-0.15, -0.1) is 0 Å². The molecule has 0 saturated carbocycles. The van der Waals surface area contributed by atoms with Crippen molar-refractivity contribution in [1.82, 2.24) is 15.1 Å². The lowest BCUT2D eigenvalue weighted by molar-refractivity contribution is -0.149. The minimum Gasteiger partial charge on any atom is -0.346 e. The lowest BCUT2D eigenvalue weighted by Crippen LogP contribution is -2.55. The molecular formula is C16H25N3O3. The van der Waals surface area contributed by atoms with Crippen LogP contribution in [0.5, 0.6) is 0 Å². The predicted molar refractivity (Wildman–Crippen MR) is 82.9 cm³/mol.